The lowest BCUT2D eigenvalue weighted by molar-refractivity contribution is -0.126. The van der Waals surface area contributed by atoms with Crippen molar-refractivity contribution < 1.29 is 23.9 Å². The summed E-state index contributed by atoms with van der Waals surface area (Å²) in [5, 5.41) is 5.78. The maximum atomic E-state index is 11.6. The fraction of sp³-hybridized carbons (Fsp3) is 0.842. The minimum atomic E-state index is -0.148. The number of carbonyl (C=O) groups excluding carboxylic acids is 3. The molecular formula is C19H36N2O5S2. The number of likely N-dealkylation sites (N-methyl/N-ethyl adjacent to an activating group) is 1. The molecule has 0 spiro atoms. The molecule has 9 heteroatoms. The summed E-state index contributed by atoms with van der Waals surface area (Å²) in [6.45, 7) is 3.48. The molecular weight excluding hydrogens is 400 g/mol. The summed E-state index contributed by atoms with van der Waals surface area (Å²) in [6, 6.07) is -0.101. The number of rotatable bonds is 20. The van der Waals surface area contributed by atoms with Crippen LogP contribution in [0, 0.1) is 0 Å². The molecule has 2 N–H and O–H groups in total. The highest BCUT2D eigenvalue weighted by Crippen LogP contribution is 2.17. The molecule has 1 unspecified atom stereocenters. The maximum absolute atomic E-state index is 11.6. The van der Waals surface area contributed by atoms with E-state index >= 15 is 0 Å². The van der Waals surface area contributed by atoms with Gasteiger partial charge in [-0.3, -0.25) is 14.4 Å². The summed E-state index contributed by atoms with van der Waals surface area (Å²) in [5.74, 6) is 1.14. The molecule has 0 aromatic carbocycles. The Balaban J connectivity index is 3.39. The molecule has 0 heterocycles. The molecule has 1 atom stereocenters. The van der Waals surface area contributed by atoms with Crippen LogP contribution < -0.4 is 10.6 Å². The van der Waals surface area contributed by atoms with E-state index in [2.05, 4.69) is 10.6 Å². The first-order chi connectivity index (χ1) is 13.5. The van der Waals surface area contributed by atoms with Crippen molar-refractivity contribution >= 4 is 39.1 Å². The van der Waals surface area contributed by atoms with E-state index in [9.17, 15) is 14.4 Å². The Morgan fingerprint density at radius 2 is 1.75 bits per heavy atom. The van der Waals surface area contributed by atoms with E-state index in [1.165, 1.54) is 0 Å². The van der Waals surface area contributed by atoms with E-state index in [1.54, 1.807) is 35.6 Å². The third kappa shape index (κ3) is 17.5. The summed E-state index contributed by atoms with van der Waals surface area (Å²) in [4.78, 5) is 34.5. The summed E-state index contributed by atoms with van der Waals surface area (Å²) >= 11 is 0. The van der Waals surface area contributed by atoms with E-state index in [1.807, 2.05) is 6.26 Å². The van der Waals surface area contributed by atoms with Gasteiger partial charge in [-0.2, -0.15) is 0 Å². The Morgan fingerprint density at radius 1 is 1.00 bits per heavy atom. The monoisotopic (exact) mass is 436 g/mol. The minimum absolute atomic E-state index is 0.0154. The van der Waals surface area contributed by atoms with Crippen LogP contribution in [-0.2, 0) is 23.9 Å². The molecule has 28 heavy (non-hydrogen) atoms. The molecule has 164 valence electrons. The number of nitrogens with one attached hydrogen (secondary N) is 2. The Hall–Kier alpha value is -0.610. The molecule has 7 nitrogen and oxygen atoms in total. The summed E-state index contributed by atoms with van der Waals surface area (Å²) < 4.78 is 10.7. The van der Waals surface area contributed by atoms with Crippen molar-refractivity contribution in [2.75, 3.05) is 52.0 Å². The van der Waals surface area contributed by atoms with Gasteiger partial charge in [-0.05, 0) is 45.9 Å². The van der Waals surface area contributed by atoms with Crippen molar-refractivity contribution in [3.63, 3.8) is 0 Å². The lowest BCUT2D eigenvalue weighted by Crippen LogP contribution is -2.32. The highest BCUT2D eigenvalue weighted by atomic mass is 33.1. The zero-order chi connectivity index (χ0) is 21.0. The Morgan fingerprint density at radius 3 is 2.43 bits per heavy atom. The average molecular weight is 437 g/mol. The molecule has 0 aromatic heterocycles. The third-order valence-electron chi connectivity index (χ3n) is 4.01. The standard InChI is InChI=1S/C19H36N2O5S2/c1-16(22)18(20-2)8-4-5-10-21-19(24)15-26-13-12-25-11-6-7-17(23)9-14-28-27-3/h18,20H,4-15H2,1-3H3,(H,21,24). The second kappa shape index (κ2) is 19.7. The van der Waals surface area contributed by atoms with E-state index in [0.29, 0.717) is 39.2 Å². The summed E-state index contributed by atoms with van der Waals surface area (Å²) in [5.41, 5.74) is 0. The fourth-order valence-electron chi connectivity index (χ4n) is 2.42. The lowest BCUT2D eigenvalue weighted by Gasteiger charge is -2.12. The normalized spacial score (nSPS) is 12.0. The van der Waals surface area contributed by atoms with Crippen LogP contribution in [0.2, 0.25) is 0 Å². The number of carbonyl (C=O) groups is 3. The quantitative estimate of drug-likeness (QED) is 0.222. The SMILES string of the molecule is CNC(CCCCNC(=O)COCCOCCCC(=O)CCSSC)C(C)=O. The Labute approximate surface area is 177 Å². The molecule has 0 aliphatic heterocycles. The first-order valence-corrected chi connectivity index (χ1v) is 12.5. The van der Waals surface area contributed by atoms with Gasteiger partial charge in [0.2, 0.25) is 5.91 Å². The number of amides is 1. The zero-order valence-corrected chi connectivity index (χ0v) is 19.1. The van der Waals surface area contributed by atoms with Crippen LogP contribution in [0.1, 0.15) is 45.4 Å². The van der Waals surface area contributed by atoms with Crippen LogP contribution in [0.3, 0.4) is 0 Å². The minimum Gasteiger partial charge on any atom is -0.379 e. The predicted octanol–water partition coefficient (Wildman–Crippen LogP) is 2.23. The molecule has 0 saturated carbocycles. The third-order valence-corrected chi connectivity index (χ3v) is 5.83. The van der Waals surface area contributed by atoms with Crippen molar-refractivity contribution in [3.05, 3.63) is 0 Å². The molecule has 0 fully saturated rings. The fourth-order valence-corrected chi connectivity index (χ4v) is 3.65. The summed E-state index contributed by atoms with van der Waals surface area (Å²) in [7, 11) is 5.16. The van der Waals surface area contributed by atoms with Crippen LogP contribution in [0.5, 0.6) is 0 Å². The van der Waals surface area contributed by atoms with Gasteiger partial charge < -0.3 is 20.1 Å². The second-order valence-corrected chi connectivity index (χ2v) is 9.03. The topological polar surface area (TPSA) is 93.7 Å². The highest BCUT2D eigenvalue weighted by Gasteiger charge is 2.10. The summed E-state index contributed by atoms with van der Waals surface area (Å²) in [6.07, 6.45) is 6.39. The number of ketones is 2. The smallest absolute Gasteiger partial charge is 0.245 e. The van der Waals surface area contributed by atoms with Crippen LogP contribution in [0.15, 0.2) is 0 Å². The number of unbranched alkanes of at least 4 members (excludes halogenated alkanes) is 1. The number of ether oxygens (including phenoxy) is 2. The Kier molecular flexibility index (Phi) is 19.3. The molecule has 0 aliphatic carbocycles. The molecule has 0 saturated heterocycles. The average Bonchev–Trinajstić information content (AvgIpc) is 2.66. The van der Waals surface area contributed by atoms with Gasteiger partial charge in [0.1, 0.15) is 18.2 Å². The maximum Gasteiger partial charge on any atom is 0.245 e. The van der Waals surface area contributed by atoms with Gasteiger partial charge in [0.05, 0.1) is 19.3 Å². The molecule has 0 aromatic rings. The van der Waals surface area contributed by atoms with Crippen LogP contribution in [0.25, 0.3) is 0 Å². The van der Waals surface area contributed by atoms with Crippen molar-refractivity contribution in [1.29, 1.82) is 0 Å². The Bertz CT molecular complexity index is 439. The number of Topliss-reactive ketones (excluding diaryl/α,β-unsaturated/α-hetero) is 2. The molecule has 0 rings (SSSR count). The predicted molar refractivity (Wildman–Crippen MR) is 117 cm³/mol. The number of hydrogen-bond acceptors (Lipinski definition) is 8. The van der Waals surface area contributed by atoms with E-state index in [-0.39, 0.29) is 30.1 Å². The first kappa shape index (κ1) is 27.4. The van der Waals surface area contributed by atoms with Crippen LogP contribution >= 0.6 is 21.6 Å². The number of hydrogen-bond donors (Lipinski definition) is 2. The van der Waals surface area contributed by atoms with Gasteiger partial charge in [-0.1, -0.05) is 21.6 Å². The van der Waals surface area contributed by atoms with Crippen molar-refractivity contribution in [2.24, 2.45) is 0 Å². The molecule has 0 aliphatic rings. The van der Waals surface area contributed by atoms with Gasteiger partial charge >= 0.3 is 0 Å². The van der Waals surface area contributed by atoms with Crippen molar-refractivity contribution in [3.8, 4) is 0 Å². The molecule has 0 bridgehead atoms. The van der Waals surface area contributed by atoms with Gasteiger partial charge in [-0.25, -0.2) is 0 Å². The van der Waals surface area contributed by atoms with Gasteiger partial charge in [0, 0.05) is 31.7 Å². The van der Waals surface area contributed by atoms with Crippen molar-refractivity contribution in [2.45, 2.75) is 51.5 Å². The highest BCUT2D eigenvalue weighted by molar-refractivity contribution is 8.76. The zero-order valence-electron chi connectivity index (χ0n) is 17.4. The first-order valence-electron chi connectivity index (χ1n) is 9.78. The van der Waals surface area contributed by atoms with E-state index in [0.717, 1.165) is 31.4 Å². The molecule has 0 radical (unpaired) electrons. The van der Waals surface area contributed by atoms with Gasteiger partial charge in [-0.15, -0.1) is 0 Å². The van der Waals surface area contributed by atoms with E-state index in [4.69, 9.17) is 9.47 Å². The van der Waals surface area contributed by atoms with Gasteiger partial charge in [0.15, 0.2) is 0 Å². The van der Waals surface area contributed by atoms with Gasteiger partial charge in [0.25, 0.3) is 0 Å². The second-order valence-electron chi connectivity index (χ2n) is 6.34. The van der Waals surface area contributed by atoms with Crippen LogP contribution in [-0.4, -0.2) is 75.5 Å². The van der Waals surface area contributed by atoms with Crippen molar-refractivity contribution in [1.82, 2.24) is 10.6 Å². The van der Waals surface area contributed by atoms with E-state index < -0.39 is 0 Å². The largest absolute Gasteiger partial charge is 0.379 e. The van der Waals surface area contributed by atoms with Crippen LogP contribution in [0.4, 0.5) is 0 Å². The molecule has 1 amide bonds. The lowest BCUT2D eigenvalue weighted by atomic mass is 10.1.